The molecule has 1 heterocycles. The van der Waals surface area contributed by atoms with E-state index in [9.17, 15) is 9.59 Å². The number of rotatable bonds is 4. The second kappa shape index (κ2) is 9.54. The van der Waals surface area contributed by atoms with Crippen LogP contribution in [0.25, 0.3) is 6.08 Å². The van der Waals surface area contributed by atoms with Crippen molar-refractivity contribution in [2.75, 3.05) is 5.32 Å². The number of hydrogen-bond acceptors (Lipinski definition) is 3. The summed E-state index contributed by atoms with van der Waals surface area (Å²) in [5.41, 5.74) is 9.36. The summed E-state index contributed by atoms with van der Waals surface area (Å²) in [5.74, 6) is 0.0712. The van der Waals surface area contributed by atoms with Gasteiger partial charge in [0.05, 0.1) is 12.5 Å². The molecule has 1 atom stereocenters. The maximum atomic E-state index is 12.5. The number of benzene rings is 2. The van der Waals surface area contributed by atoms with Crippen LogP contribution >= 0.6 is 12.2 Å². The third-order valence-corrected chi connectivity index (χ3v) is 5.20. The van der Waals surface area contributed by atoms with Gasteiger partial charge in [0.15, 0.2) is 5.11 Å². The second-order valence-corrected chi connectivity index (χ2v) is 7.90. The van der Waals surface area contributed by atoms with E-state index >= 15 is 0 Å². The summed E-state index contributed by atoms with van der Waals surface area (Å²) < 4.78 is 0. The number of anilines is 1. The average molecular weight is 423 g/mol. The van der Waals surface area contributed by atoms with E-state index in [-0.39, 0.29) is 29.4 Å². The highest BCUT2D eigenvalue weighted by molar-refractivity contribution is 7.80. The van der Waals surface area contributed by atoms with Crippen LogP contribution in [0.1, 0.15) is 55.8 Å². The molecule has 0 aromatic heterocycles. The lowest BCUT2D eigenvalue weighted by Gasteiger charge is -2.32. The fraction of sp³-hybridized carbons (Fsp3) is 0.261. The zero-order valence-corrected chi connectivity index (χ0v) is 18.1. The number of carbonyl (C=O) groups excluding carboxylic acids is 2. The molecule has 0 saturated carbocycles. The van der Waals surface area contributed by atoms with Gasteiger partial charge < -0.3 is 10.2 Å². The normalized spacial score (nSPS) is 14.8. The fourth-order valence-electron chi connectivity index (χ4n) is 3.38. The van der Waals surface area contributed by atoms with Crippen molar-refractivity contribution in [3.8, 4) is 0 Å². The maximum Gasteiger partial charge on any atom is 0.240 e. The van der Waals surface area contributed by atoms with Crippen molar-refractivity contribution >= 4 is 40.9 Å². The summed E-state index contributed by atoms with van der Waals surface area (Å²) >= 11 is 5.26. The first kappa shape index (κ1) is 21.5. The molecule has 1 aliphatic rings. The average Bonchev–Trinajstić information content (AvgIpc) is 2.72. The van der Waals surface area contributed by atoms with Crippen LogP contribution in [-0.2, 0) is 9.59 Å². The number of thiocarbonyl (C=S) groups is 1. The summed E-state index contributed by atoms with van der Waals surface area (Å²) in [6, 6.07) is 15.4. The first-order chi connectivity index (χ1) is 14.3. The molecule has 0 fully saturated rings. The molecule has 0 spiro atoms. The zero-order valence-electron chi connectivity index (χ0n) is 17.3. The van der Waals surface area contributed by atoms with Crippen LogP contribution in [0.15, 0.2) is 54.7 Å². The van der Waals surface area contributed by atoms with Gasteiger partial charge in [-0.15, -0.1) is 0 Å². The third kappa shape index (κ3) is 5.24. The van der Waals surface area contributed by atoms with E-state index < -0.39 is 0 Å². The van der Waals surface area contributed by atoms with Crippen LogP contribution in [0.2, 0.25) is 0 Å². The van der Waals surface area contributed by atoms with Gasteiger partial charge >= 0.3 is 0 Å². The Kier molecular flexibility index (Phi) is 6.84. The lowest BCUT2D eigenvalue weighted by Crippen LogP contribution is -2.45. The Labute approximate surface area is 182 Å². The molecule has 2 amide bonds. The van der Waals surface area contributed by atoms with E-state index in [0.29, 0.717) is 5.92 Å². The van der Waals surface area contributed by atoms with Crippen LogP contribution in [0.3, 0.4) is 0 Å². The van der Waals surface area contributed by atoms with Gasteiger partial charge in [-0.05, 0) is 53.0 Å². The van der Waals surface area contributed by atoms with Gasteiger partial charge in [-0.2, -0.15) is 0 Å². The molecule has 3 rings (SSSR count). The van der Waals surface area contributed by atoms with Gasteiger partial charge in [-0.3, -0.25) is 20.4 Å². The Bertz CT molecular complexity index is 969. The Morgan fingerprint density at radius 2 is 1.77 bits per heavy atom. The minimum absolute atomic E-state index is 0.111. The molecule has 2 aromatic rings. The predicted octanol–water partition coefficient (Wildman–Crippen LogP) is 4.09. The minimum Gasteiger partial charge on any atom is -0.331 e. The zero-order chi connectivity index (χ0) is 21.7. The van der Waals surface area contributed by atoms with Crippen molar-refractivity contribution in [1.29, 1.82) is 0 Å². The van der Waals surface area contributed by atoms with E-state index in [0.717, 1.165) is 16.8 Å². The number of carbonyl (C=O) groups is 2. The van der Waals surface area contributed by atoms with Crippen molar-refractivity contribution in [2.45, 2.75) is 39.2 Å². The number of hydrogen-bond donors (Lipinski definition) is 3. The van der Waals surface area contributed by atoms with Gasteiger partial charge in [0.2, 0.25) is 11.8 Å². The van der Waals surface area contributed by atoms with Gasteiger partial charge in [0.25, 0.3) is 0 Å². The molecule has 2 aromatic carbocycles. The lowest BCUT2D eigenvalue weighted by atomic mass is 9.93. The van der Waals surface area contributed by atoms with Crippen LogP contribution in [0.4, 0.5) is 5.69 Å². The van der Waals surface area contributed by atoms with Crippen LogP contribution < -0.4 is 16.2 Å². The van der Waals surface area contributed by atoms with Crippen molar-refractivity contribution in [2.24, 2.45) is 0 Å². The summed E-state index contributed by atoms with van der Waals surface area (Å²) in [6.45, 7) is 5.76. The summed E-state index contributed by atoms with van der Waals surface area (Å²) in [4.78, 5) is 26.2. The summed E-state index contributed by atoms with van der Waals surface area (Å²) in [7, 11) is 0. The monoisotopic (exact) mass is 422 g/mol. The number of amides is 2. The van der Waals surface area contributed by atoms with Gasteiger partial charge in [0.1, 0.15) is 0 Å². The largest absolute Gasteiger partial charge is 0.331 e. The fourth-order valence-corrected chi connectivity index (χ4v) is 3.55. The molecule has 0 saturated heterocycles. The van der Waals surface area contributed by atoms with E-state index in [1.165, 1.54) is 12.5 Å². The van der Waals surface area contributed by atoms with Crippen molar-refractivity contribution in [1.82, 2.24) is 15.8 Å². The smallest absolute Gasteiger partial charge is 0.240 e. The van der Waals surface area contributed by atoms with Gasteiger partial charge in [-0.1, -0.05) is 50.2 Å². The number of fused-ring (bicyclic) bond motifs is 1. The Morgan fingerprint density at radius 1 is 1.07 bits per heavy atom. The van der Waals surface area contributed by atoms with Crippen molar-refractivity contribution in [3.63, 3.8) is 0 Å². The molecular weight excluding hydrogens is 396 g/mol. The third-order valence-electron chi connectivity index (χ3n) is 5.00. The number of nitrogens with zero attached hydrogens (tertiary/aromatic N) is 1. The highest BCUT2D eigenvalue weighted by Gasteiger charge is 2.28. The quantitative estimate of drug-likeness (QED) is 0.511. The van der Waals surface area contributed by atoms with Gasteiger partial charge in [0, 0.05) is 18.8 Å². The molecular formula is C23H26N4O2S. The molecule has 156 valence electrons. The molecule has 7 heteroatoms. The Morgan fingerprint density at radius 3 is 2.43 bits per heavy atom. The first-order valence-electron chi connectivity index (χ1n) is 9.87. The van der Waals surface area contributed by atoms with E-state index in [1.807, 2.05) is 54.6 Å². The maximum absolute atomic E-state index is 12.5. The van der Waals surface area contributed by atoms with Crippen LogP contribution in [0.5, 0.6) is 0 Å². The molecule has 1 aliphatic heterocycles. The van der Waals surface area contributed by atoms with E-state index in [1.54, 1.807) is 11.1 Å². The van der Waals surface area contributed by atoms with E-state index in [4.69, 9.17) is 12.2 Å². The van der Waals surface area contributed by atoms with Crippen LogP contribution in [-0.4, -0.2) is 21.8 Å². The number of hydrazine groups is 1. The standard InChI is InChI=1S/C23H26N4O2S/c1-15(2)17-8-10-19(11-9-17)24-23(30)26-25-22(29)14-21-20-7-5-4-6-18(20)12-13-27(21)16(3)28/h4-13,15,21H,14H2,1-3H3,(H,25,29)(H2,24,26,30)/t21-/m0/s1. The molecule has 30 heavy (non-hydrogen) atoms. The number of nitrogens with one attached hydrogen (secondary N) is 3. The van der Waals surface area contributed by atoms with Crippen molar-refractivity contribution in [3.05, 3.63) is 71.4 Å². The summed E-state index contributed by atoms with van der Waals surface area (Å²) in [6.07, 6.45) is 3.72. The SMILES string of the molecule is CC(=O)N1C=Cc2ccccc2[C@@H]1CC(=O)NNC(=S)Nc1ccc(C(C)C)cc1. The topological polar surface area (TPSA) is 73.5 Å². The molecule has 6 nitrogen and oxygen atoms in total. The van der Waals surface area contributed by atoms with E-state index in [2.05, 4.69) is 30.0 Å². The second-order valence-electron chi connectivity index (χ2n) is 7.49. The first-order valence-corrected chi connectivity index (χ1v) is 10.3. The van der Waals surface area contributed by atoms with Crippen LogP contribution in [0, 0.1) is 0 Å². The minimum atomic E-state index is -0.365. The molecule has 0 unspecified atom stereocenters. The molecule has 0 aliphatic carbocycles. The molecule has 0 bridgehead atoms. The van der Waals surface area contributed by atoms with Crippen molar-refractivity contribution < 1.29 is 9.59 Å². The molecule has 0 radical (unpaired) electrons. The highest BCUT2D eigenvalue weighted by atomic mass is 32.1. The molecule has 3 N–H and O–H groups in total. The predicted molar refractivity (Wildman–Crippen MR) is 123 cm³/mol. The lowest BCUT2D eigenvalue weighted by molar-refractivity contribution is -0.130. The van der Waals surface area contributed by atoms with Gasteiger partial charge in [-0.25, -0.2) is 0 Å². The Balaban J connectivity index is 1.57. The Hall–Kier alpha value is -3.19. The summed E-state index contributed by atoms with van der Waals surface area (Å²) in [5, 5.41) is 3.32. The highest BCUT2D eigenvalue weighted by Crippen LogP contribution is 2.32.